The van der Waals surface area contributed by atoms with Crippen molar-refractivity contribution in [2.45, 2.75) is 71.7 Å². The third kappa shape index (κ3) is 8.15. The molecule has 1 heterocycles. The van der Waals surface area contributed by atoms with E-state index in [9.17, 15) is 9.59 Å². The number of benzene rings is 1. The molecule has 2 aromatic rings. The largest absolute Gasteiger partial charge is 0.466 e. The number of rotatable bonds is 11. The highest BCUT2D eigenvalue weighted by Crippen LogP contribution is 2.39. The zero-order valence-electron chi connectivity index (χ0n) is 22.0. The third-order valence-corrected chi connectivity index (χ3v) is 5.99. The topological polar surface area (TPSA) is 120 Å². The molecule has 10 nitrogen and oxygen atoms in total. The van der Waals surface area contributed by atoms with Crippen LogP contribution in [0.1, 0.15) is 70.5 Å². The van der Waals surface area contributed by atoms with E-state index in [0.717, 1.165) is 23.4 Å². The number of carbonyl (C=O) groups excluding carboxylic acids is 2. The summed E-state index contributed by atoms with van der Waals surface area (Å²) in [6.45, 7) is 11.0. The molecule has 3 rings (SSSR count). The van der Waals surface area contributed by atoms with Gasteiger partial charge in [-0.2, -0.15) is 0 Å². The Morgan fingerprint density at radius 3 is 2.56 bits per heavy atom. The van der Waals surface area contributed by atoms with Crippen molar-refractivity contribution in [3.63, 3.8) is 0 Å². The molecule has 36 heavy (non-hydrogen) atoms. The quantitative estimate of drug-likeness (QED) is 0.274. The molecule has 1 aromatic carbocycles. The molecular formula is C26H38N6O4. The van der Waals surface area contributed by atoms with Gasteiger partial charge in [0, 0.05) is 25.2 Å². The Balaban J connectivity index is 1.70. The van der Waals surface area contributed by atoms with Crippen molar-refractivity contribution in [1.29, 1.82) is 0 Å². The van der Waals surface area contributed by atoms with Crippen molar-refractivity contribution >= 4 is 18.1 Å². The molecule has 1 unspecified atom stereocenters. The lowest BCUT2D eigenvalue weighted by molar-refractivity contribution is -0.134. The normalized spacial score (nSPS) is 18.3. The zero-order chi connectivity index (χ0) is 26.3. The maximum absolute atomic E-state index is 11.9. The van der Waals surface area contributed by atoms with Crippen LogP contribution in [0.2, 0.25) is 0 Å². The molecule has 1 aliphatic carbocycles. The first-order valence-electron chi connectivity index (χ1n) is 12.4. The molecule has 0 aliphatic heterocycles. The number of tetrazole rings is 1. The van der Waals surface area contributed by atoms with Gasteiger partial charge in [0.2, 0.25) is 0 Å². The number of aromatic nitrogens is 4. The number of hydrogen-bond acceptors (Lipinski definition) is 8. The van der Waals surface area contributed by atoms with Crippen molar-refractivity contribution in [1.82, 2.24) is 30.8 Å². The van der Waals surface area contributed by atoms with Crippen LogP contribution in [0.25, 0.3) is 6.08 Å². The Morgan fingerprint density at radius 1 is 1.22 bits per heavy atom. The first kappa shape index (κ1) is 27.3. The second-order valence-electron chi connectivity index (χ2n) is 10.4. The lowest BCUT2D eigenvalue weighted by atomic mass is 10.0. The van der Waals surface area contributed by atoms with Gasteiger partial charge in [-0.3, -0.25) is 0 Å². The summed E-state index contributed by atoms with van der Waals surface area (Å²) in [4.78, 5) is 23.3. The van der Waals surface area contributed by atoms with Gasteiger partial charge in [0.1, 0.15) is 5.60 Å². The molecule has 0 bridgehead atoms. The fourth-order valence-electron chi connectivity index (χ4n) is 4.02. The second kappa shape index (κ2) is 12.1. The molecule has 1 aromatic heterocycles. The van der Waals surface area contributed by atoms with E-state index in [2.05, 4.69) is 44.7 Å². The van der Waals surface area contributed by atoms with Gasteiger partial charge in [-0.15, -0.1) is 5.10 Å². The second-order valence-corrected chi connectivity index (χ2v) is 10.4. The minimum absolute atomic E-state index is 0.189. The predicted octanol–water partition coefficient (Wildman–Crippen LogP) is 3.50. The van der Waals surface area contributed by atoms with E-state index in [1.54, 1.807) is 10.8 Å². The number of aryl methyl sites for hydroxylation is 1. The molecule has 0 saturated heterocycles. The minimum Gasteiger partial charge on any atom is -0.466 e. The molecule has 0 spiro atoms. The van der Waals surface area contributed by atoms with Crippen LogP contribution in [0.3, 0.4) is 0 Å². The monoisotopic (exact) mass is 498 g/mol. The van der Waals surface area contributed by atoms with Gasteiger partial charge in [0.25, 0.3) is 0 Å². The van der Waals surface area contributed by atoms with E-state index in [0.29, 0.717) is 37.4 Å². The van der Waals surface area contributed by atoms with Crippen LogP contribution < -0.4 is 10.6 Å². The molecule has 196 valence electrons. The number of hydrogen-bond donors (Lipinski definition) is 2. The number of ether oxygens (including phenoxy) is 2. The van der Waals surface area contributed by atoms with Crippen molar-refractivity contribution in [2.75, 3.05) is 13.7 Å². The third-order valence-electron chi connectivity index (χ3n) is 5.99. The number of methoxy groups -OCH3 is 1. The van der Waals surface area contributed by atoms with Gasteiger partial charge in [-0.05, 0) is 73.1 Å². The van der Waals surface area contributed by atoms with Crippen LogP contribution in [-0.4, -0.2) is 57.6 Å². The van der Waals surface area contributed by atoms with Gasteiger partial charge in [-0.1, -0.05) is 38.1 Å². The molecular weight excluding hydrogens is 460 g/mol. The Labute approximate surface area is 212 Å². The number of amides is 1. The lowest BCUT2D eigenvalue weighted by Crippen LogP contribution is -2.33. The van der Waals surface area contributed by atoms with E-state index in [1.165, 1.54) is 13.2 Å². The highest BCUT2D eigenvalue weighted by atomic mass is 16.6. The van der Waals surface area contributed by atoms with Crippen LogP contribution >= 0.6 is 0 Å². The van der Waals surface area contributed by atoms with E-state index < -0.39 is 17.7 Å². The summed E-state index contributed by atoms with van der Waals surface area (Å²) >= 11 is 0. The van der Waals surface area contributed by atoms with E-state index in [4.69, 9.17) is 4.74 Å². The molecule has 1 amide bonds. The Bertz CT molecular complexity index is 1040. The number of carbonyl (C=O) groups is 2. The van der Waals surface area contributed by atoms with E-state index in [1.807, 2.05) is 45.0 Å². The summed E-state index contributed by atoms with van der Waals surface area (Å²) < 4.78 is 11.7. The van der Waals surface area contributed by atoms with Crippen molar-refractivity contribution in [3.8, 4) is 0 Å². The number of alkyl carbamates (subject to hydrolysis) is 1. The summed E-state index contributed by atoms with van der Waals surface area (Å²) in [5, 5.41) is 19.0. The maximum atomic E-state index is 11.9. The van der Waals surface area contributed by atoms with Gasteiger partial charge in [0.15, 0.2) is 5.82 Å². The highest BCUT2D eigenvalue weighted by molar-refractivity contribution is 5.86. The van der Waals surface area contributed by atoms with Crippen LogP contribution in [0.15, 0.2) is 30.3 Å². The molecule has 3 atom stereocenters. The molecule has 1 saturated carbocycles. The zero-order valence-corrected chi connectivity index (χ0v) is 22.0. The first-order chi connectivity index (χ1) is 17.1. The first-order valence-corrected chi connectivity index (χ1v) is 12.4. The summed E-state index contributed by atoms with van der Waals surface area (Å²) in [6, 6.07) is 8.15. The van der Waals surface area contributed by atoms with Crippen LogP contribution in [0.4, 0.5) is 4.79 Å². The maximum Gasteiger partial charge on any atom is 0.407 e. The van der Waals surface area contributed by atoms with Crippen LogP contribution in [0.5, 0.6) is 0 Å². The molecule has 10 heteroatoms. The number of esters is 1. The van der Waals surface area contributed by atoms with Gasteiger partial charge in [0.05, 0.1) is 13.2 Å². The Kier molecular flexibility index (Phi) is 9.19. The highest BCUT2D eigenvalue weighted by Gasteiger charge is 2.41. The molecule has 2 N–H and O–H groups in total. The average molecular weight is 499 g/mol. The van der Waals surface area contributed by atoms with Gasteiger partial charge in [-0.25, -0.2) is 14.3 Å². The summed E-state index contributed by atoms with van der Waals surface area (Å²) in [5.41, 5.74) is 1.39. The minimum atomic E-state index is -0.534. The van der Waals surface area contributed by atoms with Crippen molar-refractivity contribution in [3.05, 3.63) is 47.3 Å². The average Bonchev–Trinajstić information content (AvgIpc) is 3.46. The molecule has 1 fully saturated rings. The Hall–Kier alpha value is -3.27. The SMILES string of the molecule is COC(=O)/C=C/c1ccc(C(N[C@@H]2C[C@H]2C(C)C)c2nnnn2CCCNC(=O)OC(C)(C)C)cc1. The van der Waals surface area contributed by atoms with Gasteiger partial charge >= 0.3 is 12.1 Å². The summed E-state index contributed by atoms with van der Waals surface area (Å²) in [7, 11) is 1.35. The molecule has 1 aliphatic rings. The van der Waals surface area contributed by atoms with Crippen LogP contribution in [0, 0.1) is 11.8 Å². The van der Waals surface area contributed by atoms with E-state index in [-0.39, 0.29) is 6.04 Å². The smallest absolute Gasteiger partial charge is 0.407 e. The van der Waals surface area contributed by atoms with Crippen molar-refractivity contribution < 1.29 is 19.1 Å². The summed E-state index contributed by atoms with van der Waals surface area (Å²) in [5.74, 6) is 1.55. The Morgan fingerprint density at radius 2 is 1.94 bits per heavy atom. The standard InChI is InChI=1S/C26H38N6O4/c1-17(2)20-16-21(20)28-23(19-11-8-18(9-12-19)10-13-22(33)35-6)24-29-30-31-32(24)15-7-14-27-25(34)36-26(3,4)5/h8-13,17,20-21,23,28H,7,14-16H2,1-6H3,(H,27,34)/b13-10+/t20-,21+,23?/m0/s1. The van der Waals surface area contributed by atoms with E-state index >= 15 is 0 Å². The van der Waals surface area contributed by atoms with Crippen LogP contribution in [-0.2, 0) is 20.8 Å². The number of nitrogens with one attached hydrogen (secondary N) is 2. The lowest BCUT2D eigenvalue weighted by Gasteiger charge is -2.20. The van der Waals surface area contributed by atoms with Crippen molar-refractivity contribution in [2.24, 2.45) is 11.8 Å². The fraction of sp³-hybridized carbons (Fsp3) is 0.577. The molecule has 0 radical (unpaired) electrons. The fourth-order valence-corrected chi connectivity index (χ4v) is 4.02. The summed E-state index contributed by atoms with van der Waals surface area (Å²) in [6.07, 6.45) is 4.45. The number of nitrogens with zero attached hydrogens (tertiary/aromatic N) is 4. The van der Waals surface area contributed by atoms with Gasteiger partial charge < -0.3 is 20.1 Å². The predicted molar refractivity (Wildman–Crippen MR) is 136 cm³/mol.